The van der Waals surface area contributed by atoms with Gasteiger partial charge in [0, 0.05) is 16.3 Å². The molecule has 0 aliphatic heterocycles. The van der Waals surface area contributed by atoms with Crippen LogP contribution in [0, 0.1) is 0 Å². The second-order valence-corrected chi connectivity index (χ2v) is 10.0. The highest BCUT2D eigenvalue weighted by atomic mass is 16.3. The van der Waals surface area contributed by atoms with E-state index in [0.717, 1.165) is 27.3 Å². The predicted octanol–water partition coefficient (Wildman–Crippen LogP) is 11.5. The lowest BCUT2D eigenvalue weighted by molar-refractivity contribution is 0.670. The van der Waals surface area contributed by atoms with Crippen LogP contribution in [-0.4, -0.2) is 0 Å². The molecule has 0 saturated carbocycles. The van der Waals surface area contributed by atoms with Gasteiger partial charge in [0.05, 0.1) is 15.1 Å². The lowest BCUT2D eigenvalue weighted by Gasteiger charge is -2.14. The summed E-state index contributed by atoms with van der Waals surface area (Å²) in [5.74, 6) is 0. The molecule has 1 heterocycles. The molecule has 0 spiro atoms. The van der Waals surface area contributed by atoms with Crippen molar-refractivity contribution in [2.75, 3.05) is 0 Å². The van der Waals surface area contributed by atoms with Gasteiger partial charge in [-0.05, 0) is 84.0 Å². The molecule has 9 aromatic rings. The molecule has 1 aromatic heterocycles. The lowest BCUT2D eigenvalue weighted by atomic mass is 9.89. The first-order valence-corrected chi connectivity index (χ1v) is 13.2. The molecule has 0 unspecified atom stereocenters. The molecular weight excluding hydrogens is 496 g/mol. The molecule has 0 bridgehead atoms. The van der Waals surface area contributed by atoms with E-state index in [0.29, 0.717) is 22.1 Å². The monoisotopic (exact) mass is 531 g/mol. The first kappa shape index (κ1) is 14.3. The van der Waals surface area contributed by atoms with E-state index in [1.165, 1.54) is 0 Å². The third kappa shape index (κ3) is 3.30. The Balaban J connectivity index is 1.53. The Morgan fingerprint density at radius 2 is 1.27 bits per heavy atom. The summed E-state index contributed by atoms with van der Waals surface area (Å²) in [4.78, 5) is 0. The molecule has 0 saturated heterocycles. The number of benzene rings is 8. The fourth-order valence-electron chi connectivity index (χ4n) is 5.97. The zero-order valence-corrected chi connectivity index (χ0v) is 21.4. The van der Waals surface area contributed by atoms with Gasteiger partial charge in [-0.3, -0.25) is 0 Å². The van der Waals surface area contributed by atoms with Crippen LogP contribution in [0.5, 0.6) is 0 Å². The second-order valence-electron chi connectivity index (χ2n) is 10.0. The normalized spacial score (nSPS) is 15.7. The van der Waals surface area contributed by atoms with Crippen LogP contribution in [0.3, 0.4) is 0 Å². The summed E-state index contributed by atoms with van der Waals surface area (Å²) in [6, 6.07) is 19.6. The SMILES string of the molecule is [2H]c1c([2H])c([2H])c2c([2H])c3c(c([2H])c([2H])c4c([2H])c([2H])c([2H])c([2H])c43)c(-c3ccc4oc5c(-c6ccccc6)cc6ccccc6c5c4c3)c2c1[2H]. The molecule has 0 atom stereocenters. The average Bonchev–Trinajstić information content (AvgIpc) is 3.55. The van der Waals surface area contributed by atoms with Crippen molar-refractivity contribution in [2.45, 2.75) is 0 Å². The minimum Gasteiger partial charge on any atom is -0.455 e. The van der Waals surface area contributed by atoms with Gasteiger partial charge in [-0.1, -0.05) is 121 Å². The Morgan fingerprint density at radius 1 is 0.488 bits per heavy atom. The predicted molar refractivity (Wildman–Crippen MR) is 175 cm³/mol. The highest BCUT2D eigenvalue weighted by Gasteiger charge is 2.18. The van der Waals surface area contributed by atoms with Crippen LogP contribution >= 0.6 is 0 Å². The molecule has 0 amide bonds. The lowest BCUT2D eigenvalue weighted by Crippen LogP contribution is -1.87. The Kier molecular flexibility index (Phi) is 2.98. The number of rotatable bonds is 2. The molecule has 0 aliphatic carbocycles. The van der Waals surface area contributed by atoms with Crippen molar-refractivity contribution in [1.82, 2.24) is 0 Å². The van der Waals surface area contributed by atoms with Gasteiger partial charge in [-0.25, -0.2) is 0 Å². The van der Waals surface area contributed by atoms with Gasteiger partial charge < -0.3 is 4.42 Å². The number of fused-ring (bicyclic) bond motifs is 9. The van der Waals surface area contributed by atoms with E-state index in [4.69, 9.17) is 16.8 Å². The summed E-state index contributed by atoms with van der Waals surface area (Å²) in [5, 5.41) is 2.70. The van der Waals surface area contributed by atoms with Crippen molar-refractivity contribution in [2.24, 2.45) is 0 Å². The molecule has 1 heteroatoms. The largest absolute Gasteiger partial charge is 0.455 e. The Hall–Kier alpha value is -5.40. The van der Waals surface area contributed by atoms with E-state index >= 15 is 0 Å². The van der Waals surface area contributed by atoms with Crippen molar-refractivity contribution in [3.63, 3.8) is 0 Å². The first-order chi connectivity index (χ1) is 24.9. The minimum atomic E-state index is -0.585. The molecular formula is C40H24O. The van der Waals surface area contributed by atoms with Crippen molar-refractivity contribution >= 4 is 65.0 Å². The van der Waals surface area contributed by atoms with Crippen LogP contribution in [0.1, 0.15) is 15.1 Å². The average molecular weight is 532 g/mol. The smallest absolute Gasteiger partial charge is 0.143 e. The second kappa shape index (κ2) is 8.55. The molecule has 0 fully saturated rings. The maximum atomic E-state index is 9.39. The molecule has 1 nitrogen and oxygen atoms in total. The third-order valence-electron chi connectivity index (χ3n) is 7.77. The highest BCUT2D eigenvalue weighted by molar-refractivity contribution is 6.24. The number of hydrogen-bond donors (Lipinski definition) is 0. The maximum absolute atomic E-state index is 9.39. The van der Waals surface area contributed by atoms with Gasteiger partial charge in [-0.2, -0.15) is 0 Å². The summed E-state index contributed by atoms with van der Waals surface area (Å²) in [6.07, 6.45) is 0. The zero-order valence-electron chi connectivity index (χ0n) is 32.4. The van der Waals surface area contributed by atoms with Gasteiger partial charge in [0.15, 0.2) is 0 Å². The summed E-state index contributed by atoms with van der Waals surface area (Å²) < 4.78 is 104. The van der Waals surface area contributed by atoms with Gasteiger partial charge in [0.1, 0.15) is 11.2 Å². The number of furan rings is 1. The Bertz CT molecular complexity index is 3080. The van der Waals surface area contributed by atoms with E-state index in [9.17, 15) is 2.74 Å². The molecule has 41 heavy (non-hydrogen) atoms. The summed E-state index contributed by atoms with van der Waals surface area (Å²) >= 11 is 0. The summed E-state index contributed by atoms with van der Waals surface area (Å²) in [5.41, 5.74) is 3.59. The topological polar surface area (TPSA) is 13.1 Å². The zero-order chi connectivity index (χ0) is 36.5. The number of hydrogen-bond acceptors (Lipinski definition) is 1. The molecule has 0 aliphatic rings. The van der Waals surface area contributed by atoms with Crippen molar-refractivity contribution in [3.05, 3.63) is 145 Å². The van der Waals surface area contributed by atoms with E-state index in [1.54, 1.807) is 12.1 Å². The molecule has 8 aromatic carbocycles. The third-order valence-corrected chi connectivity index (χ3v) is 7.77. The van der Waals surface area contributed by atoms with Crippen LogP contribution in [0.25, 0.3) is 87.3 Å². The van der Waals surface area contributed by atoms with Crippen LogP contribution < -0.4 is 0 Å². The van der Waals surface area contributed by atoms with E-state index in [2.05, 4.69) is 6.07 Å². The standard InChI is InChI=1S/C40H24O/c1-2-10-25(11-3-1)34-22-27-13-6-9-17-32(27)39-36-24-29(19-21-37(36)41-40(34)39)38-31-16-8-5-14-28(31)23-35-30-15-7-4-12-26(30)18-20-33(35)38/h1-24H/i4D,5D,7D,8D,12D,14D,15D,16D,18D,20D,23D. The maximum Gasteiger partial charge on any atom is 0.143 e. The quantitative estimate of drug-likeness (QED) is 0.160. The molecule has 9 rings (SSSR count). The van der Waals surface area contributed by atoms with Crippen molar-refractivity contribution < 1.29 is 19.5 Å². The van der Waals surface area contributed by atoms with E-state index in [1.807, 2.05) is 60.7 Å². The fraction of sp³-hybridized carbons (Fsp3) is 0. The van der Waals surface area contributed by atoms with Crippen molar-refractivity contribution in [1.29, 1.82) is 0 Å². The summed E-state index contributed by atoms with van der Waals surface area (Å²) in [7, 11) is 0. The van der Waals surface area contributed by atoms with Crippen LogP contribution in [0.4, 0.5) is 0 Å². The van der Waals surface area contributed by atoms with Gasteiger partial charge in [-0.15, -0.1) is 0 Å². The van der Waals surface area contributed by atoms with Gasteiger partial charge >= 0.3 is 0 Å². The molecule has 0 radical (unpaired) electrons. The van der Waals surface area contributed by atoms with E-state index in [-0.39, 0.29) is 37.9 Å². The minimum absolute atomic E-state index is 0.0213. The molecule has 0 N–H and O–H groups in total. The van der Waals surface area contributed by atoms with Gasteiger partial charge in [0.2, 0.25) is 0 Å². The Morgan fingerprint density at radius 3 is 2.17 bits per heavy atom. The van der Waals surface area contributed by atoms with Crippen LogP contribution in [0.2, 0.25) is 0 Å². The fourth-order valence-corrected chi connectivity index (χ4v) is 5.97. The van der Waals surface area contributed by atoms with Crippen LogP contribution in [-0.2, 0) is 0 Å². The van der Waals surface area contributed by atoms with E-state index < -0.39 is 66.5 Å². The highest BCUT2D eigenvalue weighted by Crippen LogP contribution is 2.44. The van der Waals surface area contributed by atoms with Crippen molar-refractivity contribution in [3.8, 4) is 22.3 Å². The summed E-state index contributed by atoms with van der Waals surface area (Å²) in [6.45, 7) is 0. The van der Waals surface area contributed by atoms with Gasteiger partial charge in [0.25, 0.3) is 0 Å². The first-order valence-electron chi connectivity index (χ1n) is 18.7. The Labute approximate surface area is 252 Å². The van der Waals surface area contributed by atoms with Crippen LogP contribution in [0.15, 0.2) is 150 Å². The molecule has 190 valence electrons.